The summed E-state index contributed by atoms with van der Waals surface area (Å²) in [5, 5.41) is 10.2. The summed E-state index contributed by atoms with van der Waals surface area (Å²) in [4.78, 5) is 5.83. The first kappa shape index (κ1) is 31.8. The van der Waals surface area contributed by atoms with Gasteiger partial charge in [-0.3, -0.25) is 4.99 Å². The maximum Gasteiger partial charge on any atom is 0.0747 e. The Bertz CT molecular complexity index is 3370. The van der Waals surface area contributed by atoms with Crippen LogP contribution >= 0.6 is 11.3 Å². The molecule has 56 heavy (non-hydrogen) atoms. The van der Waals surface area contributed by atoms with Gasteiger partial charge in [0.25, 0.3) is 0 Å². The number of allylic oxidation sites excluding steroid dienone is 3. The molecule has 10 aromatic rings. The molecule has 2 aliphatic rings. The second kappa shape index (κ2) is 12.2. The maximum atomic E-state index is 5.83. The van der Waals surface area contributed by atoms with Gasteiger partial charge in [0.1, 0.15) is 0 Å². The highest BCUT2D eigenvalue weighted by Gasteiger charge is 2.29. The number of fused-ring (bicyclic) bond motifs is 14. The predicted molar refractivity (Wildman–Crippen MR) is 240 cm³/mol. The smallest absolute Gasteiger partial charge is 0.0747 e. The van der Waals surface area contributed by atoms with Crippen molar-refractivity contribution in [3.8, 4) is 5.69 Å². The van der Waals surface area contributed by atoms with E-state index in [1.165, 1.54) is 97.0 Å². The lowest BCUT2D eigenvalue weighted by molar-refractivity contribution is 0.790. The number of rotatable bonds is 2. The fraction of sp³-hybridized carbons (Fsp3) is 0.0755. The molecule has 2 nitrogen and oxygen atoms in total. The Kier molecular flexibility index (Phi) is 6.94. The van der Waals surface area contributed by atoms with E-state index in [4.69, 9.17) is 4.99 Å². The third kappa shape index (κ3) is 4.77. The zero-order valence-corrected chi connectivity index (χ0v) is 31.8. The van der Waals surface area contributed by atoms with E-state index < -0.39 is 0 Å². The van der Waals surface area contributed by atoms with Gasteiger partial charge in [0, 0.05) is 49.7 Å². The quantitative estimate of drug-likeness (QED) is 0.168. The lowest BCUT2D eigenvalue weighted by Gasteiger charge is -2.25. The van der Waals surface area contributed by atoms with Gasteiger partial charge in [0.2, 0.25) is 0 Å². The molecule has 0 N–H and O–H groups in total. The fourth-order valence-electron chi connectivity index (χ4n) is 9.46. The Morgan fingerprint density at radius 3 is 2.14 bits per heavy atom. The van der Waals surface area contributed by atoms with Crippen molar-refractivity contribution in [1.29, 1.82) is 0 Å². The van der Waals surface area contributed by atoms with Gasteiger partial charge in [0.15, 0.2) is 0 Å². The highest BCUT2D eigenvalue weighted by molar-refractivity contribution is 7.26. The molecule has 12 rings (SSSR count). The van der Waals surface area contributed by atoms with E-state index in [1.807, 2.05) is 11.3 Å². The van der Waals surface area contributed by atoms with Crippen LogP contribution in [0.5, 0.6) is 0 Å². The van der Waals surface area contributed by atoms with E-state index in [-0.39, 0.29) is 5.92 Å². The molecule has 1 unspecified atom stereocenters. The van der Waals surface area contributed by atoms with Crippen LogP contribution in [0.3, 0.4) is 0 Å². The van der Waals surface area contributed by atoms with Gasteiger partial charge in [-0.05, 0) is 80.6 Å². The van der Waals surface area contributed by atoms with E-state index >= 15 is 0 Å². The van der Waals surface area contributed by atoms with Crippen molar-refractivity contribution >= 4 is 91.8 Å². The summed E-state index contributed by atoms with van der Waals surface area (Å²) in [6.07, 6.45) is 4.19. The topological polar surface area (TPSA) is 17.3 Å². The minimum atomic E-state index is 0.206. The third-order valence-electron chi connectivity index (χ3n) is 12.2. The van der Waals surface area contributed by atoms with Crippen molar-refractivity contribution in [2.45, 2.75) is 19.8 Å². The second-order valence-corrected chi connectivity index (χ2v) is 16.6. The number of hydrogen-bond donors (Lipinski definition) is 0. The van der Waals surface area contributed by atoms with Gasteiger partial charge >= 0.3 is 0 Å². The highest BCUT2D eigenvalue weighted by atomic mass is 32.1. The largest absolute Gasteiger partial charge is 0.307 e. The van der Waals surface area contributed by atoms with Crippen molar-refractivity contribution in [3.05, 3.63) is 198 Å². The molecule has 264 valence electrons. The van der Waals surface area contributed by atoms with Crippen LogP contribution in [0.15, 0.2) is 180 Å². The molecule has 0 saturated carbocycles. The fourth-order valence-corrected chi connectivity index (χ4v) is 10.7. The van der Waals surface area contributed by atoms with Crippen LogP contribution in [0.4, 0.5) is 0 Å². The van der Waals surface area contributed by atoms with Crippen LogP contribution in [0.25, 0.3) is 80.5 Å². The summed E-state index contributed by atoms with van der Waals surface area (Å²) in [5.41, 5.74) is 13.4. The van der Waals surface area contributed by atoms with Crippen LogP contribution in [-0.4, -0.2) is 10.3 Å². The Labute approximate surface area is 329 Å². The number of aliphatic imine (C=N–C) groups is 1. The predicted octanol–water partition coefficient (Wildman–Crippen LogP) is 14.3. The zero-order valence-electron chi connectivity index (χ0n) is 31.0. The van der Waals surface area contributed by atoms with Gasteiger partial charge in [-0.25, -0.2) is 0 Å². The molecule has 2 aromatic heterocycles. The lowest BCUT2D eigenvalue weighted by atomic mass is 9.84. The van der Waals surface area contributed by atoms with E-state index in [0.29, 0.717) is 0 Å². The number of hydrogen-bond acceptors (Lipinski definition) is 2. The first-order chi connectivity index (χ1) is 27.7. The van der Waals surface area contributed by atoms with Crippen molar-refractivity contribution in [1.82, 2.24) is 4.57 Å². The Morgan fingerprint density at radius 2 is 1.29 bits per heavy atom. The molecule has 2 bridgehead atoms. The molecular formula is C53H36N2S. The molecule has 0 spiro atoms. The van der Waals surface area contributed by atoms with E-state index in [1.54, 1.807) is 0 Å². The number of benzene rings is 8. The summed E-state index contributed by atoms with van der Waals surface area (Å²) in [5.74, 6) is 0.206. The number of thiophene rings is 1. The highest BCUT2D eigenvalue weighted by Crippen LogP contribution is 2.48. The average Bonchev–Trinajstić information content (AvgIpc) is 3.77. The van der Waals surface area contributed by atoms with Crippen LogP contribution < -0.4 is 0 Å². The molecule has 1 atom stereocenters. The molecular weight excluding hydrogens is 697 g/mol. The van der Waals surface area contributed by atoms with Crippen LogP contribution in [0, 0.1) is 5.92 Å². The minimum absolute atomic E-state index is 0.206. The summed E-state index contributed by atoms with van der Waals surface area (Å²) in [6, 6.07) is 60.9. The molecule has 4 heterocycles. The van der Waals surface area contributed by atoms with Crippen LogP contribution in [0.1, 0.15) is 35.6 Å². The van der Waals surface area contributed by atoms with Crippen molar-refractivity contribution in [2.24, 2.45) is 10.9 Å². The van der Waals surface area contributed by atoms with Gasteiger partial charge in [-0.1, -0.05) is 146 Å². The summed E-state index contributed by atoms with van der Waals surface area (Å²) < 4.78 is 5.24. The standard InChI is InChI=1S/C53H36N2S/c1-32-19-23-40-43-25-26-44-42-17-9-10-18-49(42)56-53(44)52(43)55-47-28-33(20-24-41(47)45-30-37-15-7-8-16-38(37)31-48(45)55)27-46(40)51(54-50(32)35-12-3-2-4-13-35)39-22-21-34-11-5-6-14-36(34)29-39/h2-18,20-26,28-32H,19,27H2,1H3/b40-23?,51-46-,54-50?. The minimum Gasteiger partial charge on any atom is -0.307 e. The first-order valence-corrected chi connectivity index (χ1v) is 20.5. The number of nitrogens with zero attached hydrogens (tertiary/aromatic N) is 2. The molecule has 8 aromatic carbocycles. The SMILES string of the molecule is CC1CC=C2/C(=C(/c3ccc4ccccc4c3)N=C1c1ccccc1)Cc1ccc3c4cc5ccccc5cc4n(c3c1)-c1c2ccc2c1sc1ccccc12. The normalized spacial score (nSPS) is 17.1. The molecule has 2 aliphatic heterocycles. The van der Waals surface area contributed by atoms with Crippen LogP contribution in [-0.2, 0) is 6.42 Å². The Balaban J connectivity index is 1.26. The Hall–Kier alpha value is -6.55. The maximum absolute atomic E-state index is 5.83. The van der Waals surface area contributed by atoms with Gasteiger partial charge in [0.05, 0.1) is 32.8 Å². The molecule has 0 radical (unpaired) electrons. The summed E-state index contributed by atoms with van der Waals surface area (Å²) in [6.45, 7) is 2.34. The monoisotopic (exact) mass is 732 g/mol. The molecule has 0 aliphatic carbocycles. The van der Waals surface area contributed by atoms with Gasteiger partial charge in [-0.2, -0.15) is 0 Å². The first-order valence-electron chi connectivity index (χ1n) is 19.6. The molecule has 0 amide bonds. The van der Waals surface area contributed by atoms with Gasteiger partial charge in [-0.15, -0.1) is 11.3 Å². The zero-order chi connectivity index (χ0) is 36.9. The van der Waals surface area contributed by atoms with Crippen molar-refractivity contribution in [3.63, 3.8) is 0 Å². The summed E-state index contributed by atoms with van der Waals surface area (Å²) in [7, 11) is 0. The van der Waals surface area contributed by atoms with Gasteiger partial charge < -0.3 is 4.57 Å². The molecule has 3 heteroatoms. The molecule has 0 saturated heterocycles. The lowest BCUT2D eigenvalue weighted by Crippen LogP contribution is -2.15. The van der Waals surface area contributed by atoms with E-state index in [0.717, 1.165) is 29.8 Å². The third-order valence-corrected chi connectivity index (χ3v) is 13.4. The van der Waals surface area contributed by atoms with Crippen molar-refractivity contribution in [2.75, 3.05) is 0 Å². The number of aromatic nitrogens is 1. The van der Waals surface area contributed by atoms with E-state index in [2.05, 4.69) is 181 Å². The second-order valence-electron chi connectivity index (χ2n) is 15.5. The van der Waals surface area contributed by atoms with Crippen LogP contribution in [0.2, 0.25) is 0 Å². The van der Waals surface area contributed by atoms with Crippen molar-refractivity contribution < 1.29 is 0 Å². The summed E-state index contributed by atoms with van der Waals surface area (Å²) >= 11 is 1.92. The molecule has 0 fully saturated rings. The Morgan fingerprint density at radius 1 is 0.571 bits per heavy atom. The average molecular weight is 733 g/mol. The van der Waals surface area contributed by atoms with E-state index in [9.17, 15) is 0 Å².